The highest BCUT2D eigenvalue weighted by Crippen LogP contribution is 2.33. The van der Waals surface area contributed by atoms with E-state index in [0.29, 0.717) is 53.6 Å². The average molecular weight is 365 g/mol. The molecule has 3 heterocycles. The molecule has 4 N–H and O–H groups in total. The van der Waals surface area contributed by atoms with E-state index < -0.39 is 6.10 Å². The van der Waals surface area contributed by atoms with Crippen LogP contribution in [0.15, 0.2) is 28.7 Å². The lowest BCUT2D eigenvalue weighted by atomic mass is 10.0. The van der Waals surface area contributed by atoms with Gasteiger partial charge in [0.05, 0.1) is 23.4 Å². The molecule has 2 atom stereocenters. The molecule has 1 aliphatic heterocycles. The number of pyridine rings is 1. The lowest BCUT2D eigenvalue weighted by Crippen LogP contribution is -2.45. The summed E-state index contributed by atoms with van der Waals surface area (Å²) in [6, 6.07) is 9.01. The first-order valence-corrected chi connectivity index (χ1v) is 8.70. The Morgan fingerprint density at radius 3 is 2.89 bits per heavy atom. The summed E-state index contributed by atoms with van der Waals surface area (Å²) in [6.45, 7) is 3.12. The number of aliphatic hydroxyl groups excluding tert-OH is 1. The number of nitrogens with zero attached hydrogens (tertiary/aromatic N) is 3. The van der Waals surface area contributed by atoms with Gasteiger partial charge >= 0.3 is 0 Å². The van der Waals surface area contributed by atoms with Crippen molar-refractivity contribution in [1.29, 1.82) is 5.26 Å². The van der Waals surface area contributed by atoms with E-state index in [0.717, 1.165) is 5.56 Å². The van der Waals surface area contributed by atoms with Gasteiger partial charge in [0.15, 0.2) is 5.58 Å². The molecule has 0 bridgehead atoms. The monoisotopic (exact) mass is 365 g/mol. The summed E-state index contributed by atoms with van der Waals surface area (Å²) in [7, 11) is 0. The van der Waals surface area contributed by atoms with Crippen molar-refractivity contribution in [2.24, 2.45) is 0 Å². The van der Waals surface area contributed by atoms with Gasteiger partial charge in [0, 0.05) is 24.7 Å². The van der Waals surface area contributed by atoms with Crippen LogP contribution in [0.2, 0.25) is 0 Å². The molecule has 1 aliphatic rings. The maximum atomic E-state index is 10.3. The van der Waals surface area contributed by atoms with E-state index in [1.54, 1.807) is 18.2 Å². The summed E-state index contributed by atoms with van der Waals surface area (Å²) in [6.07, 6.45) is 0.218. The molecule has 138 valence electrons. The molecule has 1 saturated heterocycles. The molecule has 2 aromatic heterocycles. The van der Waals surface area contributed by atoms with Crippen LogP contribution in [-0.2, 0) is 0 Å². The van der Waals surface area contributed by atoms with Crippen LogP contribution in [0.3, 0.4) is 0 Å². The number of anilines is 1. The number of fused-ring (bicyclic) bond motifs is 1. The van der Waals surface area contributed by atoms with Crippen LogP contribution >= 0.6 is 0 Å². The van der Waals surface area contributed by atoms with Crippen LogP contribution in [0.4, 0.5) is 6.01 Å². The van der Waals surface area contributed by atoms with Crippen molar-refractivity contribution < 1.29 is 14.6 Å². The minimum absolute atomic E-state index is 0.00232. The highest BCUT2D eigenvalue weighted by Gasteiger charge is 2.21. The smallest absolute Gasteiger partial charge is 0.297 e. The lowest BCUT2D eigenvalue weighted by molar-refractivity contribution is 0.136. The van der Waals surface area contributed by atoms with Gasteiger partial charge in [-0.05, 0) is 43.2 Å². The fraction of sp³-hybridized carbons (Fsp3) is 0.316. The number of phenols is 1. The zero-order chi connectivity index (χ0) is 19.0. The quantitative estimate of drug-likeness (QED) is 0.554. The zero-order valence-corrected chi connectivity index (χ0v) is 14.7. The first-order chi connectivity index (χ1) is 13.0. The maximum absolute atomic E-state index is 10.3. The maximum Gasteiger partial charge on any atom is 0.297 e. The summed E-state index contributed by atoms with van der Waals surface area (Å²) in [4.78, 5) is 8.88. The Kier molecular flexibility index (Phi) is 4.39. The summed E-state index contributed by atoms with van der Waals surface area (Å²) < 4.78 is 5.69. The average Bonchev–Trinajstić information content (AvgIpc) is 3.02. The second kappa shape index (κ2) is 6.87. The number of aryl methyl sites for hydroxylation is 1. The molecular formula is C19H19N5O3. The predicted molar refractivity (Wildman–Crippen MR) is 99.3 cm³/mol. The summed E-state index contributed by atoms with van der Waals surface area (Å²) >= 11 is 0. The molecule has 3 aromatic rings. The van der Waals surface area contributed by atoms with Crippen LogP contribution in [0.25, 0.3) is 22.5 Å². The van der Waals surface area contributed by atoms with Crippen molar-refractivity contribution >= 4 is 17.2 Å². The van der Waals surface area contributed by atoms with Gasteiger partial charge in [-0.15, -0.1) is 0 Å². The number of benzene rings is 1. The number of nitrogens with one attached hydrogen (secondary N) is 2. The normalized spacial score (nSPS) is 19.7. The molecule has 8 nitrogen and oxygen atoms in total. The molecule has 0 saturated carbocycles. The Morgan fingerprint density at radius 2 is 2.15 bits per heavy atom. The molecular weight excluding hydrogens is 346 g/mol. The summed E-state index contributed by atoms with van der Waals surface area (Å²) in [5.41, 5.74) is 3.21. The Hall–Kier alpha value is -3.15. The largest absolute Gasteiger partial charge is 0.507 e. The minimum atomic E-state index is -0.396. The van der Waals surface area contributed by atoms with Gasteiger partial charge in [-0.25, -0.2) is 4.98 Å². The van der Waals surface area contributed by atoms with Crippen molar-refractivity contribution in [3.8, 4) is 23.1 Å². The third-order valence-electron chi connectivity index (χ3n) is 4.61. The lowest BCUT2D eigenvalue weighted by Gasteiger charge is -2.26. The van der Waals surface area contributed by atoms with Gasteiger partial charge in [0.25, 0.3) is 6.01 Å². The van der Waals surface area contributed by atoms with Gasteiger partial charge in [-0.3, -0.25) is 0 Å². The van der Waals surface area contributed by atoms with E-state index in [2.05, 4.69) is 20.6 Å². The van der Waals surface area contributed by atoms with Gasteiger partial charge in [-0.2, -0.15) is 10.2 Å². The number of piperidine rings is 1. The molecule has 0 unspecified atom stereocenters. The fourth-order valence-electron chi connectivity index (χ4n) is 3.39. The Labute approximate surface area is 155 Å². The molecule has 1 aromatic carbocycles. The van der Waals surface area contributed by atoms with Crippen LogP contribution < -0.4 is 10.6 Å². The van der Waals surface area contributed by atoms with Gasteiger partial charge in [0.1, 0.15) is 5.75 Å². The molecule has 4 rings (SSSR count). The second-order valence-electron chi connectivity index (χ2n) is 6.73. The molecule has 0 spiro atoms. The van der Waals surface area contributed by atoms with Gasteiger partial charge in [0.2, 0.25) is 5.65 Å². The Balaban J connectivity index is 1.65. The topological polar surface area (TPSA) is 127 Å². The Morgan fingerprint density at radius 1 is 1.30 bits per heavy atom. The molecule has 1 fully saturated rings. The number of phenolic OH excluding ortho intramolecular Hbond substituents is 1. The summed E-state index contributed by atoms with van der Waals surface area (Å²) in [5.74, 6) is 0.00232. The molecule has 8 heteroatoms. The number of β-amino-alcohol motifs (C(OH)–C–C–N with tert-alkyl or cyclic N) is 1. The number of aromatic nitrogens is 2. The first kappa shape index (κ1) is 17.3. The zero-order valence-electron chi connectivity index (χ0n) is 14.7. The van der Waals surface area contributed by atoms with Crippen molar-refractivity contribution in [3.05, 3.63) is 35.4 Å². The van der Waals surface area contributed by atoms with Crippen molar-refractivity contribution in [2.75, 3.05) is 18.4 Å². The van der Waals surface area contributed by atoms with E-state index in [-0.39, 0.29) is 11.8 Å². The van der Waals surface area contributed by atoms with Crippen molar-refractivity contribution in [2.45, 2.75) is 25.5 Å². The summed E-state index contributed by atoms with van der Waals surface area (Å²) in [5, 5.41) is 35.4. The van der Waals surface area contributed by atoms with Gasteiger partial charge < -0.3 is 25.3 Å². The first-order valence-electron chi connectivity index (χ1n) is 8.70. The SMILES string of the molecule is Cc1cc(C#N)cc(O)c1-c1ccc2oc(N[C@H]3CNC[C@@H](O)C3)nc2n1. The van der Waals surface area contributed by atoms with Crippen LogP contribution in [0, 0.1) is 18.3 Å². The van der Waals surface area contributed by atoms with E-state index in [4.69, 9.17) is 9.68 Å². The minimum Gasteiger partial charge on any atom is -0.507 e. The fourth-order valence-corrected chi connectivity index (χ4v) is 3.39. The van der Waals surface area contributed by atoms with E-state index >= 15 is 0 Å². The number of hydrogen-bond donors (Lipinski definition) is 4. The number of nitriles is 1. The highest BCUT2D eigenvalue weighted by atomic mass is 16.4. The van der Waals surface area contributed by atoms with Crippen molar-refractivity contribution in [1.82, 2.24) is 15.3 Å². The Bertz CT molecular complexity index is 1020. The van der Waals surface area contributed by atoms with Gasteiger partial charge in [-0.1, -0.05) is 0 Å². The molecule has 27 heavy (non-hydrogen) atoms. The standard InChI is InChI=1S/C19H19N5O3/c1-10-4-11(7-20)5-15(26)17(10)14-2-3-16-18(23-14)24-19(27-16)22-12-6-13(25)9-21-8-12/h2-5,12-13,21,25-26H,6,8-9H2,1H3,(H,22,23,24)/t12-,13+/m1/s1. The number of rotatable bonds is 3. The number of oxazole rings is 1. The van der Waals surface area contributed by atoms with E-state index in [1.807, 2.05) is 13.0 Å². The number of aromatic hydroxyl groups is 1. The van der Waals surface area contributed by atoms with E-state index in [9.17, 15) is 10.2 Å². The van der Waals surface area contributed by atoms with Crippen LogP contribution in [0.1, 0.15) is 17.5 Å². The predicted octanol–water partition coefficient (Wildman–Crippen LogP) is 1.91. The number of aliphatic hydroxyl groups is 1. The molecule has 0 aliphatic carbocycles. The number of hydrogen-bond acceptors (Lipinski definition) is 8. The molecule has 0 radical (unpaired) electrons. The molecule has 0 amide bonds. The third kappa shape index (κ3) is 3.43. The van der Waals surface area contributed by atoms with Crippen LogP contribution in [0.5, 0.6) is 5.75 Å². The van der Waals surface area contributed by atoms with Crippen molar-refractivity contribution in [3.63, 3.8) is 0 Å². The highest BCUT2D eigenvalue weighted by molar-refractivity contribution is 5.78. The third-order valence-corrected chi connectivity index (χ3v) is 4.61. The van der Waals surface area contributed by atoms with Crippen LogP contribution in [-0.4, -0.2) is 45.4 Å². The van der Waals surface area contributed by atoms with E-state index in [1.165, 1.54) is 6.07 Å². The second-order valence-corrected chi connectivity index (χ2v) is 6.73.